The van der Waals surface area contributed by atoms with Crippen LogP contribution < -0.4 is 4.90 Å². The summed E-state index contributed by atoms with van der Waals surface area (Å²) in [5.41, 5.74) is 2.69. The molecule has 1 aromatic carbocycles. The van der Waals surface area contributed by atoms with E-state index in [1.54, 1.807) is 0 Å². The summed E-state index contributed by atoms with van der Waals surface area (Å²) in [6.07, 6.45) is 3.44. The fraction of sp³-hybridized carbons (Fsp3) is 0.647. The van der Waals surface area contributed by atoms with Crippen molar-refractivity contribution in [3.8, 4) is 0 Å². The van der Waals surface area contributed by atoms with Gasteiger partial charge in [-0.3, -0.25) is 4.90 Å². The third kappa shape index (κ3) is 3.76. The third-order valence-corrected chi connectivity index (χ3v) is 4.71. The molecule has 1 N–H and O–H groups in total. The Kier molecular flexibility index (Phi) is 5.12. The Morgan fingerprint density at radius 3 is 2.57 bits per heavy atom. The van der Waals surface area contributed by atoms with Crippen LogP contribution in [0.15, 0.2) is 24.3 Å². The first-order valence-electron chi connectivity index (χ1n) is 8.13. The zero-order valence-corrected chi connectivity index (χ0v) is 12.7. The molecule has 0 amide bonds. The number of hydrogen-bond acceptors (Lipinski definition) is 4. The van der Waals surface area contributed by atoms with Crippen molar-refractivity contribution < 1.29 is 9.84 Å². The van der Waals surface area contributed by atoms with Crippen LogP contribution >= 0.6 is 0 Å². The van der Waals surface area contributed by atoms with Gasteiger partial charge in [-0.1, -0.05) is 12.1 Å². The molecule has 0 spiro atoms. The normalized spacial score (nSPS) is 23.7. The first-order chi connectivity index (χ1) is 10.4. The average Bonchev–Trinajstić information content (AvgIpc) is 3.02. The summed E-state index contributed by atoms with van der Waals surface area (Å²) in [6.45, 7) is 6.14. The molecule has 2 fully saturated rings. The van der Waals surface area contributed by atoms with Crippen LogP contribution in [0.2, 0.25) is 0 Å². The van der Waals surface area contributed by atoms with Crippen LogP contribution in [-0.4, -0.2) is 62.0 Å². The maximum atomic E-state index is 9.36. The fourth-order valence-corrected chi connectivity index (χ4v) is 3.36. The highest BCUT2D eigenvalue weighted by Gasteiger charge is 2.22. The van der Waals surface area contributed by atoms with Gasteiger partial charge in [-0.05, 0) is 43.5 Å². The number of likely N-dealkylation sites (tertiary alicyclic amines) is 1. The van der Waals surface area contributed by atoms with Gasteiger partial charge in [-0.15, -0.1) is 0 Å². The van der Waals surface area contributed by atoms with E-state index in [4.69, 9.17) is 4.74 Å². The molecule has 3 rings (SSSR count). The number of nitrogens with zero attached hydrogens (tertiary/aromatic N) is 2. The van der Waals surface area contributed by atoms with E-state index in [1.165, 1.54) is 17.7 Å². The van der Waals surface area contributed by atoms with Crippen molar-refractivity contribution in [1.29, 1.82) is 0 Å². The number of aliphatic hydroxyl groups excluding tert-OH is 1. The van der Waals surface area contributed by atoms with Gasteiger partial charge >= 0.3 is 0 Å². The Bertz CT molecular complexity index is 429. The second kappa shape index (κ2) is 7.25. The van der Waals surface area contributed by atoms with E-state index >= 15 is 0 Å². The predicted octanol–water partition coefficient (Wildman–Crippen LogP) is 1.52. The molecule has 4 heteroatoms. The summed E-state index contributed by atoms with van der Waals surface area (Å²) in [5, 5.41) is 9.36. The molecule has 116 valence electrons. The minimum absolute atomic E-state index is 0.302. The molecule has 0 aliphatic carbocycles. The molecule has 1 atom stereocenters. The quantitative estimate of drug-likeness (QED) is 0.892. The third-order valence-electron chi connectivity index (χ3n) is 4.71. The topological polar surface area (TPSA) is 35.9 Å². The second-order valence-corrected chi connectivity index (χ2v) is 6.03. The lowest BCUT2D eigenvalue weighted by atomic mass is 10.1. The molecule has 0 aromatic heterocycles. The van der Waals surface area contributed by atoms with Gasteiger partial charge in [0.25, 0.3) is 0 Å². The van der Waals surface area contributed by atoms with Gasteiger partial charge in [0.2, 0.25) is 0 Å². The lowest BCUT2D eigenvalue weighted by Crippen LogP contribution is -2.36. The summed E-state index contributed by atoms with van der Waals surface area (Å²) in [7, 11) is 0. The van der Waals surface area contributed by atoms with Gasteiger partial charge in [0.15, 0.2) is 0 Å². The number of hydrogen-bond donors (Lipinski definition) is 1. The van der Waals surface area contributed by atoms with E-state index in [9.17, 15) is 5.11 Å². The molecule has 0 bridgehead atoms. The molecule has 21 heavy (non-hydrogen) atoms. The molecule has 2 saturated heterocycles. The number of benzene rings is 1. The minimum Gasteiger partial charge on any atom is -0.395 e. The Morgan fingerprint density at radius 2 is 1.86 bits per heavy atom. The minimum atomic E-state index is 0.302. The molecule has 0 saturated carbocycles. The Hall–Kier alpha value is -1.10. The van der Waals surface area contributed by atoms with E-state index in [-0.39, 0.29) is 0 Å². The molecular formula is C17H26N2O2. The van der Waals surface area contributed by atoms with Crippen molar-refractivity contribution in [3.63, 3.8) is 0 Å². The molecule has 1 unspecified atom stereocenters. The molecular weight excluding hydrogens is 264 g/mol. The summed E-state index contributed by atoms with van der Waals surface area (Å²) >= 11 is 0. The van der Waals surface area contributed by atoms with Crippen molar-refractivity contribution in [2.75, 3.05) is 50.9 Å². The molecule has 4 nitrogen and oxygen atoms in total. The van der Waals surface area contributed by atoms with Crippen LogP contribution in [0.3, 0.4) is 0 Å². The SMILES string of the molecule is OCC1CCCN1CCc1ccc(N2CCOCC2)cc1. The van der Waals surface area contributed by atoms with E-state index in [1.807, 2.05) is 0 Å². The van der Waals surface area contributed by atoms with Gasteiger partial charge in [0.1, 0.15) is 0 Å². The Morgan fingerprint density at radius 1 is 1.10 bits per heavy atom. The zero-order chi connectivity index (χ0) is 14.5. The summed E-state index contributed by atoms with van der Waals surface area (Å²) in [4.78, 5) is 4.81. The van der Waals surface area contributed by atoms with Crippen LogP contribution in [0.1, 0.15) is 18.4 Å². The number of morpholine rings is 1. The highest BCUT2D eigenvalue weighted by Crippen LogP contribution is 2.19. The van der Waals surface area contributed by atoms with Crippen molar-refractivity contribution in [1.82, 2.24) is 4.90 Å². The van der Waals surface area contributed by atoms with Gasteiger partial charge in [-0.25, -0.2) is 0 Å². The van der Waals surface area contributed by atoms with Crippen molar-refractivity contribution >= 4 is 5.69 Å². The number of aliphatic hydroxyl groups is 1. The van der Waals surface area contributed by atoms with Gasteiger partial charge in [0.05, 0.1) is 19.8 Å². The summed E-state index contributed by atoms with van der Waals surface area (Å²) in [6, 6.07) is 9.34. The largest absolute Gasteiger partial charge is 0.395 e. The smallest absolute Gasteiger partial charge is 0.0642 e. The van der Waals surface area contributed by atoms with Gasteiger partial charge in [0, 0.05) is 31.4 Å². The number of anilines is 1. The van der Waals surface area contributed by atoms with Crippen LogP contribution in [0.4, 0.5) is 5.69 Å². The maximum Gasteiger partial charge on any atom is 0.0642 e. The standard InChI is InChI=1S/C17H26N2O2/c20-14-17-2-1-8-18(17)9-7-15-3-5-16(6-4-15)19-10-12-21-13-11-19/h3-6,17,20H,1-2,7-14H2. The van der Waals surface area contributed by atoms with Crippen LogP contribution in [0, 0.1) is 0 Å². The number of ether oxygens (including phenoxy) is 1. The maximum absolute atomic E-state index is 9.36. The van der Waals surface area contributed by atoms with Crippen LogP contribution in [-0.2, 0) is 11.2 Å². The second-order valence-electron chi connectivity index (χ2n) is 6.03. The highest BCUT2D eigenvalue weighted by atomic mass is 16.5. The van der Waals surface area contributed by atoms with Crippen molar-refractivity contribution in [2.45, 2.75) is 25.3 Å². The van der Waals surface area contributed by atoms with Crippen LogP contribution in [0.25, 0.3) is 0 Å². The lowest BCUT2D eigenvalue weighted by Gasteiger charge is -2.29. The first-order valence-corrected chi connectivity index (χ1v) is 8.13. The lowest BCUT2D eigenvalue weighted by molar-refractivity contribution is 0.122. The average molecular weight is 290 g/mol. The first kappa shape index (κ1) is 14.8. The highest BCUT2D eigenvalue weighted by molar-refractivity contribution is 5.47. The number of rotatable bonds is 5. The van der Waals surface area contributed by atoms with E-state index in [2.05, 4.69) is 34.1 Å². The van der Waals surface area contributed by atoms with Crippen LogP contribution in [0.5, 0.6) is 0 Å². The monoisotopic (exact) mass is 290 g/mol. The predicted molar refractivity (Wildman–Crippen MR) is 84.9 cm³/mol. The van der Waals surface area contributed by atoms with E-state index < -0.39 is 0 Å². The summed E-state index contributed by atoms with van der Waals surface area (Å²) < 4.78 is 5.39. The molecule has 1 aromatic rings. The van der Waals surface area contributed by atoms with E-state index in [0.29, 0.717) is 12.6 Å². The molecule has 2 aliphatic rings. The molecule has 2 heterocycles. The molecule has 0 radical (unpaired) electrons. The van der Waals surface area contributed by atoms with Crippen molar-refractivity contribution in [3.05, 3.63) is 29.8 Å². The Labute approximate surface area is 127 Å². The Balaban J connectivity index is 1.52. The molecule has 2 aliphatic heterocycles. The zero-order valence-electron chi connectivity index (χ0n) is 12.7. The van der Waals surface area contributed by atoms with Crippen molar-refractivity contribution in [2.24, 2.45) is 0 Å². The fourth-order valence-electron chi connectivity index (χ4n) is 3.36. The van der Waals surface area contributed by atoms with Gasteiger partial charge < -0.3 is 14.7 Å². The van der Waals surface area contributed by atoms with E-state index in [0.717, 1.165) is 52.2 Å². The van der Waals surface area contributed by atoms with Gasteiger partial charge in [-0.2, -0.15) is 0 Å². The summed E-state index contributed by atoms with van der Waals surface area (Å²) in [5.74, 6) is 0.